The predicted molar refractivity (Wildman–Crippen MR) is 109 cm³/mol. The second-order valence-electron chi connectivity index (χ2n) is 8.22. The predicted octanol–water partition coefficient (Wildman–Crippen LogP) is 5.01. The Morgan fingerprint density at radius 3 is 2.40 bits per heavy atom. The Balaban J connectivity index is 2.11. The Morgan fingerprint density at radius 1 is 1.12 bits per heavy atom. The van der Waals surface area contributed by atoms with Crippen LogP contribution < -0.4 is 5.73 Å². The summed E-state index contributed by atoms with van der Waals surface area (Å²) in [5, 5.41) is 2.26. The van der Waals surface area contributed by atoms with E-state index in [4.69, 9.17) is 10.2 Å². The first kappa shape index (κ1) is 19.8. The highest BCUT2D eigenvalue weighted by molar-refractivity contribution is 6.74. The number of ketones is 1. The molecule has 0 aliphatic heterocycles. The Bertz CT molecular complexity index is 729. The summed E-state index contributed by atoms with van der Waals surface area (Å²) in [6.45, 7) is 12.1. The second-order valence-corrected chi connectivity index (χ2v) is 13.0. The van der Waals surface area contributed by atoms with Crippen LogP contribution in [0.15, 0.2) is 42.5 Å². The quantitative estimate of drug-likeness (QED) is 0.560. The van der Waals surface area contributed by atoms with Crippen LogP contribution in [0.3, 0.4) is 0 Å². The van der Waals surface area contributed by atoms with Gasteiger partial charge in [-0.2, -0.15) is 0 Å². The highest BCUT2D eigenvalue weighted by Gasteiger charge is 2.37. The van der Waals surface area contributed by atoms with Crippen LogP contribution in [-0.2, 0) is 4.43 Å². The summed E-state index contributed by atoms with van der Waals surface area (Å²) >= 11 is 0. The molecule has 2 rings (SSSR count). The van der Waals surface area contributed by atoms with Gasteiger partial charge < -0.3 is 10.2 Å². The van der Waals surface area contributed by atoms with Crippen molar-refractivity contribution in [2.75, 3.05) is 13.2 Å². The lowest BCUT2D eigenvalue weighted by Crippen LogP contribution is -2.41. The van der Waals surface area contributed by atoms with E-state index >= 15 is 0 Å². The number of benzene rings is 2. The van der Waals surface area contributed by atoms with Crippen molar-refractivity contribution in [1.29, 1.82) is 0 Å². The molecule has 2 N–H and O–H groups in total. The fourth-order valence-corrected chi connectivity index (χ4v) is 3.75. The molecule has 25 heavy (non-hydrogen) atoms. The van der Waals surface area contributed by atoms with Gasteiger partial charge in [-0.3, -0.25) is 4.79 Å². The minimum absolute atomic E-state index is 0.123. The van der Waals surface area contributed by atoms with Gasteiger partial charge in [0.05, 0.1) is 0 Å². The first-order chi connectivity index (χ1) is 11.7. The van der Waals surface area contributed by atoms with Crippen LogP contribution in [0, 0.1) is 5.92 Å². The van der Waals surface area contributed by atoms with Crippen LogP contribution in [0.2, 0.25) is 18.1 Å². The number of fused-ring (bicyclic) bond motifs is 1. The number of hydrogen-bond acceptors (Lipinski definition) is 3. The van der Waals surface area contributed by atoms with Crippen molar-refractivity contribution < 1.29 is 9.22 Å². The largest absolute Gasteiger partial charge is 0.417 e. The van der Waals surface area contributed by atoms with Crippen LogP contribution in [0.5, 0.6) is 0 Å². The Hall–Kier alpha value is -1.49. The molecule has 0 spiro atoms. The molecule has 0 saturated heterocycles. The number of hydrogen-bond donors (Lipinski definition) is 1. The van der Waals surface area contributed by atoms with E-state index in [0.29, 0.717) is 19.6 Å². The molecule has 3 nitrogen and oxygen atoms in total. The van der Waals surface area contributed by atoms with Gasteiger partial charge in [-0.15, -0.1) is 0 Å². The molecule has 0 heterocycles. The summed E-state index contributed by atoms with van der Waals surface area (Å²) in [6, 6.07) is 13.9. The van der Waals surface area contributed by atoms with E-state index in [1.54, 1.807) is 0 Å². The third-order valence-electron chi connectivity index (χ3n) is 5.45. The average Bonchev–Trinajstić information content (AvgIpc) is 2.56. The standard InChI is InChI=1S/C21H31NO2Si/c1-21(2,3)25(4,5)24-14-13-17(15-22)20(23)19-12-8-10-16-9-6-7-11-18(16)19/h6-12,17H,13-15,22H2,1-5H3. The Morgan fingerprint density at radius 2 is 1.76 bits per heavy atom. The molecular formula is C21H31NO2Si. The summed E-state index contributed by atoms with van der Waals surface area (Å²) in [5.74, 6) is -0.0753. The van der Waals surface area contributed by atoms with E-state index in [0.717, 1.165) is 16.3 Å². The molecule has 2 aromatic rings. The SMILES string of the molecule is CC(C)(C)[Si](C)(C)OCCC(CN)C(=O)c1cccc2ccccc12. The van der Waals surface area contributed by atoms with Crippen LogP contribution in [-0.4, -0.2) is 27.3 Å². The summed E-state index contributed by atoms with van der Waals surface area (Å²) in [7, 11) is -1.79. The molecule has 1 atom stereocenters. The van der Waals surface area contributed by atoms with Gasteiger partial charge in [0.1, 0.15) is 0 Å². The van der Waals surface area contributed by atoms with Crippen molar-refractivity contribution in [3.05, 3.63) is 48.0 Å². The maximum atomic E-state index is 13.0. The van der Waals surface area contributed by atoms with Gasteiger partial charge in [-0.05, 0) is 35.3 Å². The molecule has 136 valence electrons. The number of carbonyl (C=O) groups is 1. The van der Waals surface area contributed by atoms with Gasteiger partial charge >= 0.3 is 0 Å². The highest BCUT2D eigenvalue weighted by Crippen LogP contribution is 2.36. The van der Waals surface area contributed by atoms with Crippen LogP contribution >= 0.6 is 0 Å². The zero-order valence-corrected chi connectivity index (χ0v) is 17.1. The molecule has 0 saturated carbocycles. The van der Waals surface area contributed by atoms with Gasteiger partial charge in [-0.1, -0.05) is 63.2 Å². The maximum absolute atomic E-state index is 13.0. The summed E-state index contributed by atoms with van der Waals surface area (Å²) in [6.07, 6.45) is 0.672. The second kappa shape index (κ2) is 7.81. The van der Waals surface area contributed by atoms with Crippen LogP contribution in [0.1, 0.15) is 37.6 Å². The number of carbonyl (C=O) groups excluding carboxylic acids is 1. The molecule has 0 bridgehead atoms. The minimum Gasteiger partial charge on any atom is -0.417 e. The van der Waals surface area contributed by atoms with Gasteiger partial charge in [-0.25, -0.2) is 0 Å². The molecule has 2 aromatic carbocycles. The van der Waals surface area contributed by atoms with Crippen molar-refractivity contribution in [1.82, 2.24) is 0 Å². The molecule has 0 amide bonds. The Kier molecular flexibility index (Phi) is 6.19. The third-order valence-corrected chi connectivity index (χ3v) is 9.98. The molecule has 0 fully saturated rings. The van der Waals surface area contributed by atoms with Gasteiger partial charge in [0, 0.05) is 24.6 Å². The topological polar surface area (TPSA) is 52.3 Å². The molecule has 0 aromatic heterocycles. The normalized spacial score (nSPS) is 13.8. The van der Waals surface area contributed by atoms with Crippen molar-refractivity contribution in [3.8, 4) is 0 Å². The van der Waals surface area contributed by atoms with Crippen molar-refractivity contribution in [2.24, 2.45) is 11.7 Å². The zero-order chi connectivity index (χ0) is 18.7. The van der Waals surface area contributed by atoms with E-state index in [1.165, 1.54) is 0 Å². The van der Waals surface area contributed by atoms with Crippen LogP contribution in [0.4, 0.5) is 0 Å². The lowest BCUT2D eigenvalue weighted by atomic mass is 9.91. The van der Waals surface area contributed by atoms with Crippen molar-refractivity contribution >= 4 is 24.9 Å². The summed E-state index contributed by atoms with van der Waals surface area (Å²) in [4.78, 5) is 13.0. The fraction of sp³-hybridized carbons (Fsp3) is 0.476. The van der Waals surface area contributed by atoms with E-state index in [-0.39, 0.29) is 16.7 Å². The van der Waals surface area contributed by atoms with Gasteiger partial charge in [0.2, 0.25) is 0 Å². The molecule has 0 aliphatic rings. The third kappa shape index (κ3) is 4.57. The van der Waals surface area contributed by atoms with E-state index in [2.05, 4.69) is 33.9 Å². The number of Topliss-reactive ketones (excluding diaryl/α,β-unsaturated/α-hetero) is 1. The molecule has 0 aliphatic carbocycles. The van der Waals surface area contributed by atoms with Gasteiger partial charge in [0.15, 0.2) is 14.1 Å². The summed E-state index contributed by atoms with van der Waals surface area (Å²) < 4.78 is 6.23. The molecule has 1 unspecified atom stereocenters. The summed E-state index contributed by atoms with van der Waals surface area (Å²) in [5.41, 5.74) is 6.69. The first-order valence-corrected chi connectivity index (χ1v) is 11.9. The molecular weight excluding hydrogens is 326 g/mol. The minimum atomic E-state index is -1.79. The molecule has 0 radical (unpaired) electrons. The van der Waals surface area contributed by atoms with Crippen molar-refractivity contribution in [3.63, 3.8) is 0 Å². The zero-order valence-electron chi connectivity index (χ0n) is 16.1. The average molecular weight is 358 g/mol. The number of rotatable bonds is 7. The van der Waals surface area contributed by atoms with Crippen LogP contribution in [0.25, 0.3) is 10.8 Å². The fourth-order valence-electron chi connectivity index (χ4n) is 2.69. The van der Waals surface area contributed by atoms with Crippen molar-refractivity contribution in [2.45, 2.75) is 45.3 Å². The van der Waals surface area contributed by atoms with E-state index in [9.17, 15) is 4.79 Å². The lowest BCUT2D eigenvalue weighted by Gasteiger charge is -2.36. The van der Waals surface area contributed by atoms with E-state index in [1.807, 2.05) is 42.5 Å². The monoisotopic (exact) mass is 357 g/mol. The Labute approximate surface area is 152 Å². The highest BCUT2D eigenvalue weighted by atomic mass is 28.4. The first-order valence-electron chi connectivity index (χ1n) is 9.03. The molecule has 4 heteroatoms. The van der Waals surface area contributed by atoms with E-state index < -0.39 is 8.32 Å². The maximum Gasteiger partial charge on any atom is 0.191 e. The lowest BCUT2D eigenvalue weighted by molar-refractivity contribution is 0.0904. The number of nitrogens with two attached hydrogens (primary N) is 1. The smallest absolute Gasteiger partial charge is 0.191 e. The van der Waals surface area contributed by atoms with Gasteiger partial charge in [0.25, 0.3) is 0 Å².